The van der Waals surface area contributed by atoms with Crippen molar-refractivity contribution in [2.75, 3.05) is 5.73 Å². The molecule has 0 radical (unpaired) electrons. The quantitative estimate of drug-likeness (QED) is 0.714. The van der Waals surface area contributed by atoms with Crippen LogP contribution in [0.3, 0.4) is 0 Å². The van der Waals surface area contributed by atoms with E-state index in [-0.39, 0.29) is 0 Å². The lowest BCUT2D eigenvalue weighted by Crippen LogP contribution is -2.36. The van der Waals surface area contributed by atoms with Crippen molar-refractivity contribution < 1.29 is 4.57 Å². The molecule has 1 aromatic carbocycles. The van der Waals surface area contributed by atoms with Crippen LogP contribution in [0.5, 0.6) is 0 Å². The molecule has 5 heteroatoms. The van der Waals surface area contributed by atoms with Crippen molar-refractivity contribution >= 4 is 17.1 Å². The standard InChI is InChI=1S/C15H17N5/c1-10(2)12-13-14(19-15(16)18-13)20(9-17-12)8-11-6-4-3-5-7-11/h3-7,9-10H,8H2,1-2H3,(H2,16,18)/p+1. The lowest BCUT2D eigenvalue weighted by molar-refractivity contribution is -0.667. The van der Waals surface area contributed by atoms with Crippen LogP contribution in [0.1, 0.15) is 31.0 Å². The summed E-state index contributed by atoms with van der Waals surface area (Å²) in [6.07, 6.45) is 1.84. The SMILES string of the molecule is CC(C)c1nc[n+](Cc2ccccc2)c2nc(N)[nH]c12. The Morgan fingerprint density at radius 3 is 2.70 bits per heavy atom. The van der Waals surface area contributed by atoms with Gasteiger partial charge in [-0.15, -0.1) is 4.98 Å². The summed E-state index contributed by atoms with van der Waals surface area (Å²) in [4.78, 5) is 12.1. The minimum atomic E-state index is 0.323. The number of aromatic nitrogens is 4. The van der Waals surface area contributed by atoms with Crippen molar-refractivity contribution in [3.8, 4) is 0 Å². The van der Waals surface area contributed by atoms with Crippen LogP contribution in [0.2, 0.25) is 0 Å². The van der Waals surface area contributed by atoms with Gasteiger partial charge in [-0.2, -0.15) is 0 Å². The minimum Gasteiger partial charge on any atom is -0.355 e. The van der Waals surface area contributed by atoms with Gasteiger partial charge in [-0.3, -0.25) is 0 Å². The minimum absolute atomic E-state index is 0.323. The fraction of sp³-hybridized carbons (Fsp3) is 0.267. The molecule has 0 aliphatic heterocycles. The van der Waals surface area contributed by atoms with Crippen LogP contribution >= 0.6 is 0 Å². The van der Waals surface area contributed by atoms with Gasteiger partial charge in [-0.25, -0.2) is 4.57 Å². The third kappa shape index (κ3) is 2.22. The summed E-state index contributed by atoms with van der Waals surface area (Å²) in [5.74, 6) is 0.750. The Kier molecular flexibility index (Phi) is 3.10. The molecule has 0 unspecified atom stereocenters. The molecule has 0 aliphatic carbocycles. The second-order valence-corrected chi connectivity index (χ2v) is 5.22. The van der Waals surface area contributed by atoms with E-state index in [0.717, 1.165) is 23.4 Å². The molecule has 3 aromatic rings. The van der Waals surface area contributed by atoms with Gasteiger partial charge in [0.2, 0.25) is 6.33 Å². The molecule has 20 heavy (non-hydrogen) atoms. The van der Waals surface area contributed by atoms with Gasteiger partial charge in [0, 0.05) is 5.92 Å². The van der Waals surface area contributed by atoms with Crippen molar-refractivity contribution in [2.24, 2.45) is 0 Å². The smallest absolute Gasteiger partial charge is 0.294 e. The summed E-state index contributed by atoms with van der Waals surface area (Å²) in [7, 11) is 0. The molecule has 2 heterocycles. The maximum atomic E-state index is 5.81. The first-order valence-corrected chi connectivity index (χ1v) is 6.72. The van der Waals surface area contributed by atoms with Gasteiger partial charge >= 0.3 is 0 Å². The summed E-state index contributed by atoms with van der Waals surface area (Å²) < 4.78 is 2.02. The number of benzene rings is 1. The van der Waals surface area contributed by atoms with Gasteiger partial charge < -0.3 is 10.7 Å². The fourth-order valence-electron chi connectivity index (χ4n) is 2.35. The number of H-pyrrole nitrogens is 1. The lowest BCUT2D eigenvalue weighted by Gasteiger charge is -2.05. The first kappa shape index (κ1) is 12.6. The Hall–Kier alpha value is -2.43. The van der Waals surface area contributed by atoms with Crippen molar-refractivity contribution in [2.45, 2.75) is 26.3 Å². The van der Waals surface area contributed by atoms with E-state index in [2.05, 4.69) is 40.9 Å². The second-order valence-electron chi connectivity index (χ2n) is 5.22. The zero-order valence-corrected chi connectivity index (χ0v) is 11.7. The number of nitrogens with two attached hydrogens (primary N) is 1. The highest BCUT2D eigenvalue weighted by molar-refractivity contribution is 5.73. The molecule has 5 nitrogen and oxygen atoms in total. The number of imidazole rings is 1. The molecule has 0 fully saturated rings. The van der Waals surface area contributed by atoms with Gasteiger partial charge in [0.15, 0.2) is 5.52 Å². The average Bonchev–Trinajstić information content (AvgIpc) is 2.81. The van der Waals surface area contributed by atoms with Gasteiger partial charge in [-0.1, -0.05) is 49.2 Å². The molecule has 0 spiro atoms. The molecule has 3 rings (SSSR count). The van der Waals surface area contributed by atoms with E-state index >= 15 is 0 Å². The third-order valence-electron chi connectivity index (χ3n) is 3.31. The van der Waals surface area contributed by atoms with Crippen LogP contribution in [0.25, 0.3) is 11.2 Å². The van der Waals surface area contributed by atoms with E-state index in [0.29, 0.717) is 11.9 Å². The molecule has 3 N–H and O–H groups in total. The van der Waals surface area contributed by atoms with Crippen LogP contribution in [0.15, 0.2) is 36.7 Å². The number of hydrogen-bond donors (Lipinski definition) is 2. The molecule has 0 atom stereocenters. The number of nitrogens with zero attached hydrogens (tertiary/aromatic N) is 3. The molecule has 0 bridgehead atoms. The molecule has 102 valence electrons. The Morgan fingerprint density at radius 2 is 2.00 bits per heavy atom. The maximum Gasteiger partial charge on any atom is 0.294 e. The molecule has 0 amide bonds. The van der Waals surface area contributed by atoms with Crippen molar-refractivity contribution in [3.05, 3.63) is 47.9 Å². The zero-order chi connectivity index (χ0) is 14.1. The highest BCUT2D eigenvalue weighted by Gasteiger charge is 2.20. The number of rotatable bonds is 3. The Labute approximate surface area is 117 Å². The van der Waals surface area contributed by atoms with Gasteiger partial charge in [0.25, 0.3) is 11.6 Å². The highest BCUT2D eigenvalue weighted by Crippen LogP contribution is 2.19. The molecular formula is C15H18N5+. The van der Waals surface area contributed by atoms with Crippen LogP contribution in [-0.4, -0.2) is 15.0 Å². The summed E-state index contributed by atoms with van der Waals surface area (Å²) in [5, 5.41) is 0. The van der Waals surface area contributed by atoms with E-state index in [4.69, 9.17) is 5.73 Å². The van der Waals surface area contributed by atoms with Gasteiger partial charge in [0.1, 0.15) is 5.69 Å². The zero-order valence-electron chi connectivity index (χ0n) is 11.7. The lowest BCUT2D eigenvalue weighted by atomic mass is 10.1. The Morgan fingerprint density at radius 1 is 1.25 bits per heavy atom. The largest absolute Gasteiger partial charge is 0.355 e. The highest BCUT2D eigenvalue weighted by atomic mass is 15.1. The van der Waals surface area contributed by atoms with E-state index in [1.807, 2.05) is 29.1 Å². The molecule has 0 aliphatic rings. The van der Waals surface area contributed by atoms with E-state index in [1.54, 1.807) is 0 Å². The second kappa shape index (κ2) is 4.92. The first-order valence-electron chi connectivity index (χ1n) is 6.72. The van der Waals surface area contributed by atoms with Crippen molar-refractivity contribution in [1.82, 2.24) is 15.0 Å². The van der Waals surface area contributed by atoms with Gasteiger partial charge in [-0.05, 0) is 5.56 Å². The molecule has 2 aromatic heterocycles. The van der Waals surface area contributed by atoms with Crippen molar-refractivity contribution in [1.29, 1.82) is 0 Å². The van der Waals surface area contributed by atoms with Crippen molar-refractivity contribution in [3.63, 3.8) is 0 Å². The predicted molar refractivity (Wildman–Crippen MR) is 78.1 cm³/mol. The average molecular weight is 268 g/mol. The molecule has 0 saturated heterocycles. The monoisotopic (exact) mass is 268 g/mol. The topological polar surface area (TPSA) is 71.5 Å². The molecular weight excluding hydrogens is 250 g/mol. The summed E-state index contributed by atoms with van der Waals surface area (Å²) in [6, 6.07) is 10.2. The normalized spacial score (nSPS) is 11.3. The summed E-state index contributed by atoms with van der Waals surface area (Å²) in [6.45, 7) is 4.95. The predicted octanol–water partition coefficient (Wildman–Crippen LogP) is 2.00. The van der Waals surface area contributed by atoms with E-state index < -0.39 is 0 Å². The third-order valence-corrected chi connectivity index (χ3v) is 3.31. The fourth-order valence-corrected chi connectivity index (χ4v) is 2.35. The van der Waals surface area contributed by atoms with E-state index in [9.17, 15) is 0 Å². The van der Waals surface area contributed by atoms with Gasteiger partial charge in [0.05, 0.1) is 6.54 Å². The summed E-state index contributed by atoms with van der Waals surface area (Å²) in [5.41, 5.74) is 9.79. The number of fused-ring (bicyclic) bond motifs is 1. The van der Waals surface area contributed by atoms with E-state index in [1.165, 1.54) is 5.56 Å². The number of anilines is 1. The number of aromatic amines is 1. The molecule has 0 saturated carbocycles. The first-order chi connectivity index (χ1) is 9.65. The maximum absolute atomic E-state index is 5.81. The Balaban J connectivity index is 2.11. The number of nitrogens with one attached hydrogen (secondary N) is 1. The van der Waals surface area contributed by atoms with Crippen LogP contribution < -0.4 is 10.3 Å². The van der Waals surface area contributed by atoms with Crippen LogP contribution in [0.4, 0.5) is 5.95 Å². The number of nitrogen functional groups attached to an aromatic ring is 1. The van der Waals surface area contributed by atoms with Crippen LogP contribution in [0, 0.1) is 0 Å². The number of hydrogen-bond acceptors (Lipinski definition) is 3. The Bertz CT molecular complexity index is 731. The van der Waals surface area contributed by atoms with Crippen LogP contribution in [-0.2, 0) is 6.54 Å². The summed E-state index contributed by atoms with van der Waals surface area (Å²) >= 11 is 0.